The van der Waals surface area contributed by atoms with E-state index in [2.05, 4.69) is 11.1 Å². The molecule has 0 amide bonds. The van der Waals surface area contributed by atoms with E-state index < -0.39 is 0 Å². The maximum atomic E-state index is 12.8. The first-order chi connectivity index (χ1) is 7.81. The largest absolute Gasteiger partial charge is 0.264 e. The lowest BCUT2D eigenvalue weighted by Gasteiger charge is -2.05. The van der Waals surface area contributed by atoms with Crippen molar-refractivity contribution < 1.29 is 4.39 Å². The number of benzene rings is 1. The summed E-state index contributed by atoms with van der Waals surface area (Å²) >= 11 is 0. The van der Waals surface area contributed by atoms with Gasteiger partial charge >= 0.3 is 0 Å². The van der Waals surface area contributed by atoms with Crippen LogP contribution in [0.15, 0.2) is 42.7 Å². The number of pyridine rings is 1. The molecule has 2 rings (SSSR count). The lowest BCUT2D eigenvalue weighted by atomic mass is 10.0. The molecule has 0 fully saturated rings. The average Bonchev–Trinajstić information content (AvgIpc) is 2.32. The summed E-state index contributed by atoms with van der Waals surface area (Å²) in [5.41, 5.74) is 2.66. The van der Waals surface area contributed by atoms with E-state index in [1.54, 1.807) is 24.5 Å². The zero-order valence-electron chi connectivity index (χ0n) is 8.52. The summed E-state index contributed by atoms with van der Waals surface area (Å²) in [6.45, 7) is 0. The summed E-state index contributed by atoms with van der Waals surface area (Å²) in [6.07, 6.45) is 3.68. The lowest BCUT2D eigenvalue weighted by Crippen LogP contribution is -1.89. The van der Waals surface area contributed by atoms with E-state index in [1.807, 2.05) is 6.07 Å². The van der Waals surface area contributed by atoms with E-state index in [9.17, 15) is 4.39 Å². The van der Waals surface area contributed by atoms with Crippen LogP contribution < -0.4 is 0 Å². The average molecular weight is 212 g/mol. The van der Waals surface area contributed by atoms with Crippen LogP contribution >= 0.6 is 0 Å². The van der Waals surface area contributed by atoms with Gasteiger partial charge in [-0.3, -0.25) is 4.98 Å². The van der Waals surface area contributed by atoms with Gasteiger partial charge < -0.3 is 0 Å². The summed E-state index contributed by atoms with van der Waals surface area (Å²) in [5.74, 6) is -0.269. The van der Waals surface area contributed by atoms with Crippen molar-refractivity contribution in [1.82, 2.24) is 4.98 Å². The quantitative estimate of drug-likeness (QED) is 0.767. The number of rotatable bonds is 2. The highest BCUT2D eigenvalue weighted by molar-refractivity contribution is 5.66. The third-order valence-electron chi connectivity index (χ3n) is 2.34. The standard InChI is InChI=1S/C13H9FN2/c14-12-3-1-10(2-4-12)13-9-16-8-6-11(13)5-7-15/h1-4,6,8-9H,5H2. The van der Waals surface area contributed by atoms with Crippen LogP contribution in [-0.4, -0.2) is 4.98 Å². The molecular formula is C13H9FN2. The van der Waals surface area contributed by atoms with Crippen LogP contribution in [0.25, 0.3) is 11.1 Å². The molecule has 0 aliphatic rings. The summed E-state index contributed by atoms with van der Waals surface area (Å²) in [4.78, 5) is 4.02. The molecule has 2 aromatic rings. The minimum atomic E-state index is -0.269. The van der Waals surface area contributed by atoms with E-state index in [0.29, 0.717) is 6.42 Å². The van der Waals surface area contributed by atoms with Gasteiger partial charge in [-0.05, 0) is 29.3 Å². The number of aromatic nitrogens is 1. The molecule has 78 valence electrons. The van der Waals surface area contributed by atoms with E-state index in [1.165, 1.54) is 12.1 Å². The predicted molar refractivity (Wildman–Crippen MR) is 58.9 cm³/mol. The Morgan fingerprint density at radius 2 is 1.94 bits per heavy atom. The van der Waals surface area contributed by atoms with Crippen molar-refractivity contribution in [2.45, 2.75) is 6.42 Å². The highest BCUT2D eigenvalue weighted by atomic mass is 19.1. The van der Waals surface area contributed by atoms with Crippen molar-refractivity contribution in [1.29, 1.82) is 5.26 Å². The molecule has 0 saturated carbocycles. The fraction of sp³-hybridized carbons (Fsp3) is 0.0769. The first-order valence-corrected chi connectivity index (χ1v) is 4.87. The third-order valence-corrected chi connectivity index (χ3v) is 2.34. The van der Waals surface area contributed by atoms with E-state index >= 15 is 0 Å². The summed E-state index contributed by atoms with van der Waals surface area (Å²) in [5, 5.41) is 8.70. The number of hydrogen-bond donors (Lipinski definition) is 0. The van der Waals surface area contributed by atoms with Gasteiger partial charge in [-0.15, -0.1) is 0 Å². The Morgan fingerprint density at radius 3 is 2.62 bits per heavy atom. The van der Waals surface area contributed by atoms with Crippen molar-refractivity contribution in [3.8, 4) is 17.2 Å². The number of hydrogen-bond acceptors (Lipinski definition) is 2. The SMILES string of the molecule is N#CCc1ccncc1-c1ccc(F)cc1. The van der Waals surface area contributed by atoms with Gasteiger partial charge in [0.25, 0.3) is 0 Å². The fourth-order valence-corrected chi connectivity index (χ4v) is 1.55. The highest BCUT2D eigenvalue weighted by Gasteiger charge is 2.04. The Morgan fingerprint density at radius 1 is 1.19 bits per heavy atom. The number of halogens is 1. The minimum Gasteiger partial charge on any atom is -0.264 e. The first kappa shape index (κ1) is 10.3. The smallest absolute Gasteiger partial charge is 0.123 e. The molecule has 0 aliphatic carbocycles. The molecule has 1 aromatic heterocycles. The Bertz CT molecular complexity index is 526. The second kappa shape index (κ2) is 4.54. The lowest BCUT2D eigenvalue weighted by molar-refractivity contribution is 0.628. The molecule has 0 unspecified atom stereocenters. The van der Waals surface area contributed by atoms with Crippen molar-refractivity contribution >= 4 is 0 Å². The Hall–Kier alpha value is -2.21. The highest BCUT2D eigenvalue weighted by Crippen LogP contribution is 2.23. The summed E-state index contributed by atoms with van der Waals surface area (Å²) < 4.78 is 12.8. The summed E-state index contributed by atoms with van der Waals surface area (Å²) in [6, 6.07) is 10.1. The maximum absolute atomic E-state index is 12.8. The van der Waals surface area contributed by atoms with E-state index in [-0.39, 0.29) is 5.82 Å². The molecule has 0 radical (unpaired) electrons. The van der Waals surface area contributed by atoms with E-state index in [0.717, 1.165) is 16.7 Å². The first-order valence-electron chi connectivity index (χ1n) is 4.87. The molecule has 2 nitrogen and oxygen atoms in total. The monoisotopic (exact) mass is 212 g/mol. The van der Waals surface area contributed by atoms with Gasteiger partial charge in [-0.1, -0.05) is 12.1 Å². The Balaban J connectivity index is 2.47. The van der Waals surface area contributed by atoms with Gasteiger partial charge in [0, 0.05) is 18.0 Å². The zero-order chi connectivity index (χ0) is 11.4. The van der Waals surface area contributed by atoms with Crippen molar-refractivity contribution in [3.05, 3.63) is 54.1 Å². The van der Waals surface area contributed by atoms with Gasteiger partial charge in [-0.25, -0.2) is 4.39 Å². The van der Waals surface area contributed by atoms with Gasteiger partial charge in [0.15, 0.2) is 0 Å². The fourth-order valence-electron chi connectivity index (χ4n) is 1.55. The minimum absolute atomic E-state index is 0.269. The predicted octanol–water partition coefficient (Wildman–Crippen LogP) is 2.95. The van der Waals surface area contributed by atoms with Crippen LogP contribution in [0.1, 0.15) is 5.56 Å². The number of nitriles is 1. The summed E-state index contributed by atoms with van der Waals surface area (Å²) in [7, 11) is 0. The van der Waals surface area contributed by atoms with Crippen LogP contribution in [0.4, 0.5) is 4.39 Å². The molecule has 1 heterocycles. The van der Waals surface area contributed by atoms with Gasteiger partial charge in [0.2, 0.25) is 0 Å². The molecule has 0 bridgehead atoms. The Kier molecular flexibility index (Phi) is 2.93. The molecule has 3 heteroatoms. The second-order valence-electron chi connectivity index (χ2n) is 3.37. The van der Waals surface area contributed by atoms with Crippen molar-refractivity contribution in [2.24, 2.45) is 0 Å². The molecule has 16 heavy (non-hydrogen) atoms. The molecule has 0 atom stereocenters. The molecule has 1 aromatic carbocycles. The van der Waals surface area contributed by atoms with Crippen molar-refractivity contribution in [2.75, 3.05) is 0 Å². The van der Waals surface area contributed by atoms with Gasteiger partial charge in [0.05, 0.1) is 12.5 Å². The van der Waals surface area contributed by atoms with Crippen molar-refractivity contribution in [3.63, 3.8) is 0 Å². The third kappa shape index (κ3) is 2.06. The van der Waals surface area contributed by atoms with Crippen LogP contribution in [0, 0.1) is 17.1 Å². The maximum Gasteiger partial charge on any atom is 0.123 e. The van der Waals surface area contributed by atoms with Crippen LogP contribution in [-0.2, 0) is 6.42 Å². The number of nitrogens with zero attached hydrogens (tertiary/aromatic N) is 2. The van der Waals surface area contributed by atoms with Crippen LogP contribution in [0.3, 0.4) is 0 Å². The zero-order valence-corrected chi connectivity index (χ0v) is 8.52. The van der Waals surface area contributed by atoms with Crippen LogP contribution in [0.2, 0.25) is 0 Å². The van der Waals surface area contributed by atoms with Crippen LogP contribution in [0.5, 0.6) is 0 Å². The molecule has 0 aliphatic heterocycles. The topological polar surface area (TPSA) is 36.7 Å². The molecular weight excluding hydrogens is 203 g/mol. The molecule has 0 saturated heterocycles. The molecule has 0 spiro atoms. The van der Waals surface area contributed by atoms with Gasteiger partial charge in [-0.2, -0.15) is 5.26 Å². The Labute approximate surface area is 93.0 Å². The normalized spacial score (nSPS) is 9.75. The second-order valence-corrected chi connectivity index (χ2v) is 3.37. The van der Waals surface area contributed by atoms with Gasteiger partial charge in [0.1, 0.15) is 5.82 Å². The van der Waals surface area contributed by atoms with E-state index in [4.69, 9.17) is 5.26 Å². The molecule has 0 N–H and O–H groups in total.